The van der Waals surface area contributed by atoms with Gasteiger partial charge in [-0.1, -0.05) is 23.7 Å². The minimum atomic E-state index is 0.550. The van der Waals surface area contributed by atoms with Crippen LogP contribution in [0.3, 0.4) is 0 Å². The lowest BCUT2D eigenvalue weighted by molar-refractivity contribution is 0.112. The molecule has 0 N–H and O–H groups in total. The number of thiazole rings is 1. The Morgan fingerprint density at radius 1 is 1.30 bits per heavy atom. The lowest BCUT2D eigenvalue weighted by atomic mass is 10.2. The Bertz CT molecular complexity index is 719. The molecule has 0 aliphatic heterocycles. The minimum Gasteiger partial charge on any atom is -0.298 e. The van der Waals surface area contributed by atoms with Crippen LogP contribution in [0.4, 0.5) is 0 Å². The number of aldehydes is 1. The number of benzene rings is 1. The summed E-state index contributed by atoms with van der Waals surface area (Å²) in [6.45, 7) is 0.587. The summed E-state index contributed by atoms with van der Waals surface area (Å²) in [6.07, 6.45) is 4.24. The van der Waals surface area contributed by atoms with Gasteiger partial charge in [0.05, 0.1) is 12.1 Å². The van der Waals surface area contributed by atoms with Crippen molar-refractivity contribution in [3.63, 3.8) is 0 Å². The van der Waals surface area contributed by atoms with Crippen molar-refractivity contribution in [2.75, 3.05) is 0 Å². The van der Waals surface area contributed by atoms with E-state index in [1.54, 1.807) is 17.1 Å². The zero-order valence-corrected chi connectivity index (χ0v) is 11.9. The molecule has 0 unspecified atom stereocenters. The molecule has 0 atom stereocenters. The van der Waals surface area contributed by atoms with E-state index in [1.807, 2.05) is 29.6 Å². The molecule has 0 saturated heterocycles. The lowest BCUT2D eigenvalue weighted by Crippen LogP contribution is -2.00. The highest BCUT2D eigenvalue weighted by Gasteiger charge is 2.12. The van der Waals surface area contributed by atoms with E-state index >= 15 is 0 Å². The highest BCUT2D eigenvalue weighted by atomic mass is 35.5. The van der Waals surface area contributed by atoms with E-state index in [0.717, 1.165) is 16.9 Å². The maximum Gasteiger partial charge on any atom is 0.153 e. The standard InChI is InChI=1S/C14H10ClN3OS/c15-12-3-1-10(2-4-12)7-18-8-11(9-19)13(17-18)14-16-5-6-20-14/h1-6,8-9H,7H2. The van der Waals surface area contributed by atoms with Crippen molar-refractivity contribution >= 4 is 29.2 Å². The molecule has 100 valence electrons. The molecule has 3 rings (SSSR count). The van der Waals surface area contributed by atoms with Gasteiger partial charge >= 0.3 is 0 Å². The van der Waals surface area contributed by atoms with Gasteiger partial charge in [0.15, 0.2) is 6.29 Å². The molecule has 3 aromatic rings. The van der Waals surface area contributed by atoms with Gasteiger partial charge in [-0.3, -0.25) is 9.48 Å². The third kappa shape index (κ3) is 2.64. The fourth-order valence-corrected chi connectivity index (χ4v) is 2.66. The second kappa shape index (κ2) is 5.56. The zero-order chi connectivity index (χ0) is 13.9. The Morgan fingerprint density at radius 3 is 2.75 bits per heavy atom. The number of carbonyl (C=O) groups is 1. The van der Waals surface area contributed by atoms with Gasteiger partial charge in [0.1, 0.15) is 10.7 Å². The number of hydrogen-bond donors (Lipinski definition) is 0. The summed E-state index contributed by atoms with van der Waals surface area (Å²) in [5, 5.41) is 7.76. The molecular weight excluding hydrogens is 294 g/mol. The lowest BCUT2D eigenvalue weighted by Gasteiger charge is -2.01. The Kier molecular flexibility index (Phi) is 3.62. The predicted octanol–water partition coefficient (Wildman–Crippen LogP) is 3.52. The second-order valence-corrected chi connectivity index (χ2v) is 5.54. The number of carbonyl (C=O) groups excluding carboxylic acids is 1. The number of hydrogen-bond acceptors (Lipinski definition) is 4. The number of nitrogens with zero attached hydrogens (tertiary/aromatic N) is 3. The van der Waals surface area contributed by atoms with Crippen LogP contribution < -0.4 is 0 Å². The quantitative estimate of drug-likeness (QED) is 0.693. The van der Waals surface area contributed by atoms with E-state index in [0.29, 0.717) is 22.8 Å². The van der Waals surface area contributed by atoms with Gasteiger partial charge in [0.2, 0.25) is 0 Å². The molecule has 1 aromatic carbocycles. The van der Waals surface area contributed by atoms with Gasteiger partial charge < -0.3 is 0 Å². The van der Waals surface area contributed by atoms with Crippen LogP contribution in [0.25, 0.3) is 10.7 Å². The average Bonchev–Trinajstić information content (AvgIpc) is 3.10. The third-order valence-electron chi connectivity index (χ3n) is 2.81. The topological polar surface area (TPSA) is 47.8 Å². The summed E-state index contributed by atoms with van der Waals surface area (Å²) in [5.41, 5.74) is 2.25. The van der Waals surface area contributed by atoms with Crippen LogP contribution in [0.15, 0.2) is 42.0 Å². The van der Waals surface area contributed by atoms with Crippen molar-refractivity contribution in [3.05, 3.63) is 58.2 Å². The normalized spacial score (nSPS) is 10.7. The molecule has 0 saturated carbocycles. The first-order valence-electron chi connectivity index (χ1n) is 5.93. The molecule has 2 aromatic heterocycles. The zero-order valence-electron chi connectivity index (χ0n) is 10.4. The highest BCUT2D eigenvalue weighted by Crippen LogP contribution is 2.23. The number of aromatic nitrogens is 3. The van der Waals surface area contributed by atoms with Crippen molar-refractivity contribution in [1.82, 2.24) is 14.8 Å². The molecule has 6 heteroatoms. The van der Waals surface area contributed by atoms with Crippen LogP contribution in [0, 0.1) is 0 Å². The summed E-state index contributed by atoms with van der Waals surface area (Å²) in [7, 11) is 0. The molecule has 0 bridgehead atoms. The second-order valence-electron chi connectivity index (χ2n) is 4.21. The maximum atomic E-state index is 11.1. The Hall–Kier alpha value is -1.98. The summed E-state index contributed by atoms with van der Waals surface area (Å²) >= 11 is 7.32. The minimum absolute atomic E-state index is 0.550. The first-order valence-corrected chi connectivity index (χ1v) is 7.19. The summed E-state index contributed by atoms with van der Waals surface area (Å²) in [4.78, 5) is 15.3. The van der Waals surface area contributed by atoms with Gasteiger partial charge in [-0.2, -0.15) is 5.10 Å². The van der Waals surface area contributed by atoms with Gasteiger partial charge in [0.25, 0.3) is 0 Å². The van der Waals surface area contributed by atoms with Crippen LogP contribution in [-0.4, -0.2) is 21.1 Å². The Morgan fingerprint density at radius 2 is 2.10 bits per heavy atom. The molecule has 0 radical (unpaired) electrons. The molecule has 0 amide bonds. The first kappa shape index (κ1) is 13.0. The molecule has 0 aliphatic rings. The van der Waals surface area contributed by atoms with Crippen molar-refractivity contribution in [1.29, 1.82) is 0 Å². The molecular formula is C14H10ClN3OS. The SMILES string of the molecule is O=Cc1cn(Cc2ccc(Cl)cc2)nc1-c1nccs1. The van der Waals surface area contributed by atoms with E-state index in [2.05, 4.69) is 10.1 Å². The molecule has 0 fully saturated rings. The van der Waals surface area contributed by atoms with Gasteiger partial charge in [-0.05, 0) is 17.7 Å². The summed E-state index contributed by atoms with van der Waals surface area (Å²) in [5.74, 6) is 0. The maximum absolute atomic E-state index is 11.1. The molecule has 2 heterocycles. The van der Waals surface area contributed by atoms with Gasteiger partial charge in [0, 0.05) is 22.8 Å². The van der Waals surface area contributed by atoms with Crippen molar-refractivity contribution in [2.45, 2.75) is 6.54 Å². The number of rotatable bonds is 4. The van der Waals surface area contributed by atoms with E-state index in [4.69, 9.17) is 11.6 Å². The van der Waals surface area contributed by atoms with E-state index in [-0.39, 0.29) is 0 Å². The average molecular weight is 304 g/mol. The molecule has 4 nitrogen and oxygen atoms in total. The fourth-order valence-electron chi connectivity index (χ4n) is 1.89. The Balaban J connectivity index is 1.91. The molecule has 20 heavy (non-hydrogen) atoms. The summed E-state index contributed by atoms with van der Waals surface area (Å²) < 4.78 is 1.74. The smallest absolute Gasteiger partial charge is 0.153 e. The van der Waals surface area contributed by atoms with Crippen molar-refractivity contribution in [2.24, 2.45) is 0 Å². The van der Waals surface area contributed by atoms with Crippen LogP contribution in [0.1, 0.15) is 15.9 Å². The van der Waals surface area contributed by atoms with Crippen molar-refractivity contribution < 1.29 is 4.79 Å². The predicted molar refractivity (Wildman–Crippen MR) is 79.3 cm³/mol. The highest BCUT2D eigenvalue weighted by molar-refractivity contribution is 7.13. The van der Waals surface area contributed by atoms with Crippen LogP contribution >= 0.6 is 22.9 Å². The van der Waals surface area contributed by atoms with Crippen molar-refractivity contribution in [3.8, 4) is 10.7 Å². The Labute approximate surface area is 124 Å². The third-order valence-corrected chi connectivity index (χ3v) is 3.84. The number of halogens is 1. The summed E-state index contributed by atoms with van der Waals surface area (Å²) in [6, 6.07) is 7.55. The van der Waals surface area contributed by atoms with Gasteiger partial charge in [-0.15, -0.1) is 11.3 Å². The largest absolute Gasteiger partial charge is 0.298 e. The molecule has 0 aliphatic carbocycles. The van der Waals surface area contributed by atoms with E-state index in [1.165, 1.54) is 11.3 Å². The van der Waals surface area contributed by atoms with E-state index < -0.39 is 0 Å². The first-order chi connectivity index (χ1) is 9.76. The fraction of sp³-hybridized carbons (Fsp3) is 0.0714. The van der Waals surface area contributed by atoms with Crippen LogP contribution in [0.2, 0.25) is 5.02 Å². The monoisotopic (exact) mass is 303 g/mol. The molecule has 0 spiro atoms. The van der Waals surface area contributed by atoms with Crippen LogP contribution in [-0.2, 0) is 6.54 Å². The van der Waals surface area contributed by atoms with Crippen LogP contribution in [0.5, 0.6) is 0 Å². The van der Waals surface area contributed by atoms with Gasteiger partial charge in [-0.25, -0.2) is 4.98 Å². The van der Waals surface area contributed by atoms with E-state index in [9.17, 15) is 4.79 Å².